The molecule has 4 heteroatoms. The lowest BCUT2D eigenvalue weighted by Crippen LogP contribution is -2.37. The standard InChI is InChI=1S/C13H16N4/c1-13(14,10-5-3-2-4-6-10)12-16-15-9-17(12)11-7-8-11/h2-6,9,11H,7-8,14H2,1H3. The maximum absolute atomic E-state index is 6.45. The molecule has 1 saturated carbocycles. The van der Waals surface area contributed by atoms with Gasteiger partial charge in [0, 0.05) is 6.04 Å². The molecule has 0 aliphatic heterocycles. The second kappa shape index (κ2) is 3.67. The van der Waals surface area contributed by atoms with E-state index in [4.69, 9.17) is 5.73 Å². The van der Waals surface area contributed by atoms with Gasteiger partial charge in [0.25, 0.3) is 0 Å². The average molecular weight is 228 g/mol. The van der Waals surface area contributed by atoms with Crippen LogP contribution in [0.3, 0.4) is 0 Å². The molecule has 1 unspecified atom stereocenters. The highest BCUT2D eigenvalue weighted by Gasteiger charge is 2.34. The quantitative estimate of drug-likeness (QED) is 0.872. The molecule has 1 aliphatic rings. The Balaban J connectivity index is 2.04. The van der Waals surface area contributed by atoms with E-state index in [9.17, 15) is 0 Å². The molecule has 1 aliphatic carbocycles. The highest BCUT2D eigenvalue weighted by molar-refractivity contribution is 5.30. The van der Waals surface area contributed by atoms with Crippen molar-refractivity contribution in [3.63, 3.8) is 0 Å². The molecular weight excluding hydrogens is 212 g/mol. The van der Waals surface area contributed by atoms with Gasteiger partial charge in [-0.1, -0.05) is 30.3 Å². The van der Waals surface area contributed by atoms with Gasteiger partial charge in [0.05, 0.1) is 5.54 Å². The molecule has 1 atom stereocenters. The first-order chi connectivity index (χ1) is 8.19. The highest BCUT2D eigenvalue weighted by Crippen LogP contribution is 2.38. The first kappa shape index (κ1) is 10.5. The summed E-state index contributed by atoms with van der Waals surface area (Å²) in [4.78, 5) is 0. The van der Waals surface area contributed by atoms with Crippen molar-refractivity contribution in [2.75, 3.05) is 0 Å². The van der Waals surface area contributed by atoms with Gasteiger partial charge in [0.15, 0.2) is 5.82 Å². The summed E-state index contributed by atoms with van der Waals surface area (Å²) in [6.45, 7) is 1.99. The smallest absolute Gasteiger partial charge is 0.157 e. The van der Waals surface area contributed by atoms with Crippen molar-refractivity contribution < 1.29 is 0 Å². The number of hydrogen-bond acceptors (Lipinski definition) is 3. The van der Waals surface area contributed by atoms with Crippen molar-refractivity contribution in [1.82, 2.24) is 14.8 Å². The Kier molecular flexibility index (Phi) is 2.26. The number of hydrogen-bond donors (Lipinski definition) is 1. The molecule has 0 radical (unpaired) electrons. The van der Waals surface area contributed by atoms with E-state index in [0.717, 1.165) is 11.4 Å². The van der Waals surface area contributed by atoms with Crippen LogP contribution in [0.4, 0.5) is 0 Å². The molecule has 2 aromatic rings. The summed E-state index contributed by atoms with van der Waals surface area (Å²) in [5.41, 5.74) is 6.93. The summed E-state index contributed by atoms with van der Waals surface area (Å²) in [6.07, 6.45) is 4.20. The summed E-state index contributed by atoms with van der Waals surface area (Å²) in [5, 5.41) is 8.22. The number of benzene rings is 1. The molecule has 2 N–H and O–H groups in total. The molecule has 1 aromatic carbocycles. The van der Waals surface area contributed by atoms with E-state index >= 15 is 0 Å². The van der Waals surface area contributed by atoms with Crippen molar-refractivity contribution in [3.8, 4) is 0 Å². The molecule has 0 bridgehead atoms. The maximum atomic E-state index is 6.45. The van der Waals surface area contributed by atoms with Crippen LogP contribution in [0.1, 0.15) is 37.2 Å². The Morgan fingerprint density at radius 1 is 1.29 bits per heavy atom. The summed E-state index contributed by atoms with van der Waals surface area (Å²) in [6, 6.07) is 10.6. The molecule has 1 heterocycles. The van der Waals surface area contributed by atoms with Crippen molar-refractivity contribution in [3.05, 3.63) is 48.0 Å². The Labute approximate surface area is 100 Å². The number of rotatable bonds is 3. The summed E-state index contributed by atoms with van der Waals surface area (Å²) < 4.78 is 2.12. The van der Waals surface area contributed by atoms with Gasteiger partial charge in [0.2, 0.25) is 0 Å². The van der Waals surface area contributed by atoms with E-state index < -0.39 is 5.54 Å². The minimum Gasteiger partial charge on any atom is -0.315 e. The fourth-order valence-electron chi connectivity index (χ4n) is 2.15. The van der Waals surface area contributed by atoms with E-state index in [1.165, 1.54) is 12.8 Å². The van der Waals surface area contributed by atoms with Gasteiger partial charge in [-0.15, -0.1) is 10.2 Å². The second-order valence-corrected chi connectivity index (χ2v) is 4.86. The van der Waals surface area contributed by atoms with E-state index in [1.54, 1.807) is 6.33 Å². The average Bonchev–Trinajstić information content (AvgIpc) is 3.07. The van der Waals surface area contributed by atoms with Crippen LogP contribution in [0, 0.1) is 0 Å². The predicted octanol–water partition coefficient (Wildman–Crippen LogP) is 1.84. The van der Waals surface area contributed by atoms with Gasteiger partial charge < -0.3 is 10.3 Å². The lowest BCUT2D eigenvalue weighted by Gasteiger charge is -2.24. The van der Waals surface area contributed by atoms with Crippen LogP contribution < -0.4 is 5.73 Å². The molecule has 0 saturated heterocycles. The van der Waals surface area contributed by atoms with Crippen molar-refractivity contribution in [2.45, 2.75) is 31.3 Å². The molecule has 17 heavy (non-hydrogen) atoms. The monoisotopic (exact) mass is 228 g/mol. The van der Waals surface area contributed by atoms with Crippen molar-refractivity contribution >= 4 is 0 Å². The minimum absolute atomic E-state index is 0.548. The van der Waals surface area contributed by atoms with Crippen LogP contribution in [0.5, 0.6) is 0 Å². The van der Waals surface area contributed by atoms with E-state index in [-0.39, 0.29) is 0 Å². The van der Waals surface area contributed by atoms with Crippen LogP contribution in [0.25, 0.3) is 0 Å². The first-order valence-electron chi connectivity index (χ1n) is 5.94. The zero-order chi connectivity index (χ0) is 11.9. The predicted molar refractivity (Wildman–Crippen MR) is 65.4 cm³/mol. The largest absolute Gasteiger partial charge is 0.315 e. The Hall–Kier alpha value is -1.68. The van der Waals surface area contributed by atoms with Gasteiger partial charge in [-0.2, -0.15) is 0 Å². The van der Waals surface area contributed by atoms with Crippen LogP contribution in [-0.4, -0.2) is 14.8 Å². The molecule has 3 rings (SSSR count). The zero-order valence-electron chi connectivity index (χ0n) is 9.87. The Bertz CT molecular complexity index is 511. The second-order valence-electron chi connectivity index (χ2n) is 4.86. The third kappa shape index (κ3) is 1.74. The van der Waals surface area contributed by atoms with Crippen molar-refractivity contribution in [2.24, 2.45) is 5.73 Å². The minimum atomic E-state index is -0.583. The number of aromatic nitrogens is 3. The normalized spacial score (nSPS) is 18.9. The van der Waals surface area contributed by atoms with Crippen LogP contribution in [0.15, 0.2) is 36.7 Å². The highest BCUT2D eigenvalue weighted by atomic mass is 15.3. The molecular formula is C13H16N4. The summed E-state index contributed by atoms with van der Waals surface area (Å²) >= 11 is 0. The topological polar surface area (TPSA) is 56.7 Å². The van der Waals surface area contributed by atoms with E-state index in [1.807, 2.05) is 37.3 Å². The zero-order valence-corrected chi connectivity index (χ0v) is 9.87. The lowest BCUT2D eigenvalue weighted by molar-refractivity contribution is 0.511. The molecule has 4 nitrogen and oxygen atoms in total. The maximum Gasteiger partial charge on any atom is 0.157 e. The third-order valence-corrected chi connectivity index (χ3v) is 3.35. The van der Waals surface area contributed by atoms with Gasteiger partial charge in [0.1, 0.15) is 6.33 Å². The van der Waals surface area contributed by atoms with E-state index in [0.29, 0.717) is 6.04 Å². The van der Waals surface area contributed by atoms with Crippen LogP contribution in [-0.2, 0) is 5.54 Å². The van der Waals surface area contributed by atoms with Gasteiger partial charge >= 0.3 is 0 Å². The number of nitrogens with two attached hydrogens (primary N) is 1. The first-order valence-corrected chi connectivity index (χ1v) is 5.94. The molecule has 88 valence electrons. The van der Waals surface area contributed by atoms with Gasteiger partial charge in [-0.05, 0) is 25.3 Å². The van der Waals surface area contributed by atoms with Gasteiger partial charge in [-0.3, -0.25) is 0 Å². The Morgan fingerprint density at radius 3 is 2.65 bits per heavy atom. The van der Waals surface area contributed by atoms with Crippen LogP contribution in [0.2, 0.25) is 0 Å². The van der Waals surface area contributed by atoms with Crippen molar-refractivity contribution in [1.29, 1.82) is 0 Å². The fraction of sp³-hybridized carbons (Fsp3) is 0.385. The SMILES string of the molecule is CC(N)(c1ccccc1)c1nncn1C1CC1. The molecule has 0 spiro atoms. The molecule has 0 amide bonds. The summed E-state index contributed by atoms with van der Waals surface area (Å²) in [7, 11) is 0. The Morgan fingerprint density at radius 2 is 2.00 bits per heavy atom. The summed E-state index contributed by atoms with van der Waals surface area (Å²) in [5.74, 6) is 0.853. The van der Waals surface area contributed by atoms with E-state index in [2.05, 4.69) is 14.8 Å². The fourth-order valence-corrected chi connectivity index (χ4v) is 2.15. The lowest BCUT2D eigenvalue weighted by atomic mass is 9.92. The number of nitrogens with zero attached hydrogens (tertiary/aromatic N) is 3. The van der Waals surface area contributed by atoms with Gasteiger partial charge in [-0.25, -0.2) is 0 Å². The third-order valence-electron chi connectivity index (χ3n) is 3.35. The molecule has 1 aromatic heterocycles. The van der Waals surface area contributed by atoms with Crippen LogP contribution >= 0.6 is 0 Å². The molecule has 1 fully saturated rings.